The van der Waals surface area contributed by atoms with Crippen molar-refractivity contribution in [2.45, 2.75) is 58.8 Å². The zero-order chi connectivity index (χ0) is 20.7. The van der Waals surface area contributed by atoms with E-state index in [1.54, 1.807) is 18.2 Å². The summed E-state index contributed by atoms with van der Waals surface area (Å²) in [6.45, 7) is 8.03. The quantitative estimate of drug-likeness (QED) is 0.415. The molecule has 0 heterocycles. The first kappa shape index (κ1) is 25.2. The summed E-state index contributed by atoms with van der Waals surface area (Å²) in [5.41, 5.74) is 1.000. The normalized spacial score (nSPS) is 10.6. The second-order valence-corrected chi connectivity index (χ2v) is 8.68. The second kappa shape index (κ2) is 14.3. The van der Waals surface area contributed by atoms with E-state index in [2.05, 4.69) is 6.58 Å². The standard InChI is InChI=1S/C16H24O4S.C5H10O/c1-3-8-14-9-10-15(17)13-16(14)20-11-6-4-5-7-12-21(2,18)19;1-3-5(6)4-2/h3,9-10,13,17H,1,4-8,11-12H2,2H3;3-4H2,1-2H3. The van der Waals surface area contributed by atoms with Crippen molar-refractivity contribution in [3.8, 4) is 11.5 Å². The van der Waals surface area contributed by atoms with Crippen LogP contribution in [0.2, 0.25) is 0 Å². The molecular formula is C21H34O5S. The van der Waals surface area contributed by atoms with Gasteiger partial charge in [-0.05, 0) is 30.9 Å². The molecule has 1 aromatic rings. The summed E-state index contributed by atoms with van der Waals surface area (Å²) in [6.07, 6.45) is 8.53. The molecule has 0 atom stereocenters. The lowest BCUT2D eigenvalue weighted by atomic mass is 10.1. The van der Waals surface area contributed by atoms with Gasteiger partial charge < -0.3 is 9.84 Å². The number of unbranched alkanes of at least 4 members (excludes halogenated alkanes) is 3. The van der Waals surface area contributed by atoms with E-state index in [1.165, 1.54) is 6.26 Å². The van der Waals surface area contributed by atoms with Crippen LogP contribution in [0.15, 0.2) is 30.9 Å². The summed E-state index contributed by atoms with van der Waals surface area (Å²) >= 11 is 0. The van der Waals surface area contributed by atoms with Crippen molar-refractivity contribution in [1.29, 1.82) is 0 Å². The number of Topliss-reactive ketones (excluding diaryl/α,β-unsaturated/α-hetero) is 1. The van der Waals surface area contributed by atoms with Crippen LogP contribution in [0.4, 0.5) is 0 Å². The van der Waals surface area contributed by atoms with Gasteiger partial charge in [-0.3, -0.25) is 4.79 Å². The molecule has 0 radical (unpaired) electrons. The van der Waals surface area contributed by atoms with E-state index in [0.29, 0.717) is 43.8 Å². The molecule has 1 N–H and O–H groups in total. The number of ketones is 1. The largest absolute Gasteiger partial charge is 0.508 e. The molecule has 0 bridgehead atoms. The number of hydrogen-bond donors (Lipinski definition) is 1. The van der Waals surface area contributed by atoms with Gasteiger partial charge in [-0.15, -0.1) is 6.58 Å². The van der Waals surface area contributed by atoms with Gasteiger partial charge in [0.1, 0.15) is 27.1 Å². The first-order valence-corrected chi connectivity index (χ1v) is 11.5. The number of rotatable bonds is 12. The summed E-state index contributed by atoms with van der Waals surface area (Å²) in [5.74, 6) is 1.47. The fourth-order valence-corrected chi connectivity index (χ4v) is 2.98. The van der Waals surface area contributed by atoms with E-state index in [0.717, 1.165) is 24.8 Å². The number of phenols is 1. The number of hydrogen-bond acceptors (Lipinski definition) is 5. The van der Waals surface area contributed by atoms with Gasteiger partial charge in [-0.25, -0.2) is 8.42 Å². The van der Waals surface area contributed by atoms with Crippen molar-refractivity contribution in [3.05, 3.63) is 36.4 Å². The Morgan fingerprint density at radius 3 is 2.30 bits per heavy atom. The molecule has 0 amide bonds. The maximum atomic E-state index is 11.0. The number of carbonyl (C=O) groups is 1. The number of sulfone groups is 1. The third-order valence-corrected chi connectivity index (χ3v) is 4.90. The average molecular weight is 399 g/mol. The molecule has 0 aliphatic heterocycles. The Labute approximate surface area is 164 Å². The third-order valence-electron chi connectivity index (χ3n) is 3.87. The Kier molecular flexibility index (Phi) is 13.3. The number of carbonyl (C=O) groups excluding carboxylic acids is 1. The molecule has 5 nitrogen and oxygen atoms in total. The highest BCUT2D eigenvalue weighted by atomic mass is 32.2. The Bertz CT molecular complexity index is 659. The van der Waals surface area contributed by atoms with Crippen molar-refractivity contribution in [3.63, 3.8) is 0 Å². The predicted molar refractivity (Wildman–Crippen MR) is 111 cm³/mol. The van der Waals surface area contributed by atoms with Gasteiger partial charge in [-0.1, -0.05) is 38.8 Å². The molecule has 0 spiro atoms. The van der Waals surface area contributed by atoms with Crippen LogP contribution >= 0.6 is 0 Å². The van der Waals surface area contributed by atoms with Gasteiger partial charge in [0.25, 0.3) is 0 Å². The van der Waals surface area contributed by atoms with Crippen LogP contribution in [-0.4, -0.2) is 37.9 Å². The molecule has 0 aliphatic carbocycles. The molecule has 27 heavy (non-hydrogen) atoms. The Morgan fingerprint density at radius 2 is 1.78 bits per heavy atom. The highest BCUT2D eigenvalue weighted by Gasteiger charge is 2.04. The van der Waals surface area contributed by atoms with Crippen LogP contribution in [0.1, 0.15) is 57.9 Å². The van der Waals surface area contributed by atoms with Gasteiger partial charge in [0.05, 0.1) is 6.61 Å². The van der Waals surface area contributed by atoms with Crippen molar-refractivity contribution < 1.29 is 23.1 Å². The highest BCUT2D eigenvalue weighted by molar-refractivity contribution is 7.90. The van der Waals surface area contributed by atoms with Crippen LogP contribution in [0, 0.1) is 0 Å². The summed E-state index contributed by atoms with van der Waals surface area (Å²) in [5, 5.41) is 9.49. The summed E-state index contributed by atoms with van der Waals surface area (Å²) in [7, 11) is -2.84. The van der Waals surface area contributed by atoms with E-state index >= 15 is 0 Å². The van der Waals surface area contributed by atoms with Gasteiger partial charge in [0.2, 0.25) is 0 Å². The zero-order valence-corrected chi connectivity index (χ0v) is 17.7. The molecule has 1 aromatic carbocycles. The molecule has 0 fully saturated rings. The molecular weight excluding hydrogens is 364 g/mol. The van der Waals surface area contributed by atoms with Crippen LogP contribution in [0.3, 0.4) is 0 Å². The lowest BCUT2D eigenvalue weighted by molar-refractivity contribution is -0.118. The molecule has 0 aliphatic rings. The van der Waals surface area contributed by atoms with E-state index in [-0.39, 0.29) is 11.5 Å². The zero-order valence-electron chi connectivity index (χ0n) is 16.9. The molecule has 0 aromatic heterocycles. The minimum absolute atomic E-state index is 0.186. The minimum Gasteiger partial charge on any atom is -0.508 e. The third kappa shape index (κ3) is 14.0. The molecule has 1 rings (SSSR count). The number of ether oxygens (including phenoxy) is 1. The second-order valence-electron chi connectivity index (χ2n) is 6.42. The van der Waals surface area contributed by atoms with Crippen LogP contribution in [-0.2, 0) is 21.1 Å². The van der Waals surface area contributed by atoms with Crippen molar-refractivity contribution >= 4 is 15.6 Å². The number of benzene rings is 1. The molecule has 0 saturated heterocycles. The van der Waals surface area contributed by atoms with Gasteiger partial charge in [0.15, 0.2) is 0 Å². The van der Waals surface area contributed by atoms with Gasteiger partial charge >= 0.3 is 0 Å². The summed E-state index contributed by atoms with van der Waals surface area (Å²) in [4.78, 5) is 10.2. The number of aromatic hydroxyl groups is 1. The Balaban J connectivity index is 0.000000972. The minimum atomic E-state index is -2.84. The van der Waals surface area contributed by atoms with Crippen LogP contribution in [0.25, 0.3) is 0 Å². The summed E-state index contributed by atoms with van der Waals surface area (Å²) in [6, 6.07) is 5.08. The lowest BCUT2D eigenvalue weighted by Crippen LogP contribution is -2.03. The van der Waals surface area contributed by atoms with Crippen LogP contribution in [0.5, 0.6) is 11.5 Å². The SMILES string of the molecule is C=CCc1ccc(O)cc1OCCCCCCS(C)(=O)=O.CCC(=O)CC. The smallest absolute Gasteiger partial charge is 0.147 e. The fourth-order valence-electron chi connectivity index (χ4n) is 2.25. The molecule has 6 heteroatoms. The number of phenolic OH excluding ortho intramolecular Hbond substituents is 1. The molecule has 0 saturated carbocycles. The first-order chi connectivity index (χ1) is 12.7. The van der Waals surface area contributed by atoms with E-state index < -0.39 is 9.84 Å². The predicted octanol–water partition coefficient (Wildman–Crippen LogP) is 4.48. The monoisotopic (exact) mass is 398 g/mol. The fraction of sp³-hybridized carbons (Fsp3) is 0.571. The van der Waals surface area contributed by atoms with Gasteiger partial charge in [0, 0.05) is 30.9 Å². The maximum absolute atomic E-state index is 11.0. The molecule has 154 valence electrons. The number of allylic oxidation sites excluding steroid dienone is 1. The first-order valence-electron chi connectivity index (χ1n) is 9.48. The Hall–Kier alpha value is -1.82. The molecule has 0 unspecified atom stereocenters. The van der Waals surface area contributed by atoms with E-state index in [1.807, 2.05) is 19.9 Å². The van der Waals surface area contributed by atoms with Crippen LogP contribution < -0.4 is 4.74 Å². The Morgan fingerprint density at radius 1 is 1.15 bits per heavy atom. The van der Waals surface area contributed by atoms with Crippen molar-refractivity contribution in [2.75, 3.05) is 18.6 Å². The maximum Gasteiger partial charge on any atom is 0.147 e. The lowest BCUT2D eigenvalue weighted by Gasteiger charge is -2.11. The highest BCUT2D eigenvalue weighted by Crippen LogP contribution is 2.25. The summed E-state index contributed by atoms with van der Waals surface area (Å²) < 4.78 is 27.7. The van der Waals surface area contributed by atoms with E-state index in [4.69, 9.17) is 4.74 Å². The van der Waals surface area contributed by atoms with E-state index in [9.17, 15) is 18.3 Å². The average Bonchev–Trinajstić information content (AvgIpc) is 2.62. The van der Waals surface area contributed by atoms with Crippen molar-refractivity contribution in [2.24, 2.45) is 0 Å². The van der Waals surface area contributed by atoms with Crippen molar-refractivity contribution in [1.82, 2.24) is 0 Å². The van der Waals surface area contributed by atoms with Gasteiger partial charge in [-0.2, -0.15) is 0 Å². The topological polar surface area (TPSA) is 80.7 Å².